The van der Waals surface area contributed by atoms with Gasteiger partial charge in [-0.1, -0.05) is 19.3 Å². The van der Waals surface area contributed by atoms with Gasteiger partial charge in [0.25, 0.3) is 0 Å². The van der Waals surface area contributed by atoms with Crippen LogP contribution in [0.2, 0.25) is 0 Å². The van der Waals surface area contributed by atoms with Crippen molar-refractivity contribution in [2.45, 2.75) is 44.6 Å². The zero-order chi connectivity index (χ0) is 8.93. The van der Waals surface area contributed by atoms with E-state index in [1.807, 2.05) is 0 Å². The van der Waals surface area contributed by atoms with Crippen molar-refractivity contribution in [1.29, 1.82) is 0 Å². The summed E-state index contributed by atoms with van der Waals surface area (Å²) < 4.78 is 5.66. The molecule has 1 saturated heterocycles. The topological polar surface area (TPSA) is 21.3 Å². The Morgan fingerprint density at radius 2 is 2.08 bits per heavy atom. The van der Waals surface area contributed by atoms with Crippen LogP contribution in [0.1, 0.15) is 38.5 Å². The molecular formula is C11H21NO. The highest BCUT2D eigenvalue weighted by Crippen LogP contribution is 2.29. The van der Waals surface area contributed by atoms with Crippen molar-refractivity contribution in [1.82, 2.24) is 5.32 Å². The van der Waals surface area contributed by atoms with Crippen molar-refractivity contribution in [3.8, 4) is 0 Å². The second-order valence-electron chi connectivity index (χ2n) is 4.45. The molecule has 2 aliphatic rings. The van der Waals surface area contributed by atoms with E-state index in [1.165, 1.54) is 45.1 Å². The summed E-state index contributed by atoms with van der Waals surface area (Å²) in [6, 6.07) is 0.654. The Bertz CT molecular complexity index is 139. The summed E-state index contributed by atoms with van der Waals surface area (Å²) in [5.41, 5.74) is 0. The summed E-state index contributed by atoms with van der Waals surface area (Å²) in [5, 5.41) is 3.45. The van der Waals surface area contributed by atoms with E-state index in [9.17, 15) is 0 Å². The van der Waals surface area contributed by atoms with Crippen LogP contribution in [0.3, 0.4) is 0 Å². The minimum Gasteiger partial charge on any atom is -0.380 e. The van der Waals surface area contributed by atoms with Crippen LogP contribution in [0.5, 0.6) is 0 Å². The molecule has 0 amide bonds. The fourth-order valence-corrected chi connectivity index (χ4v) is 2.16. The lowest BCUT2D eigenvalue weighted by Gasteiger charge is -2.25. The zero-order valence-electron chi connectivity index (χ0n) is 8.43. The Labute approximate surface area is 81.0 Å². The molecule has 76 valence electrons. The standard InChI is InChI=1S/C11H21NO/c1-3-10(4-1)6-8-13-9-11-5-2-7-12-11/h10-12H,1-9H2. The maximum Gasteiger partial charge on any atom is 0.0619 e. The quantitative estimate of drug-likeness (QED) is 0.658. The van der Waals surface area contributed by atoms with Crippen molar-refractivity contribution >= 4 is 0 Å². The molecule has 1 unspecified atom stereocenters. The molecule has 1 heterocycles. The Morgan fingerprint density at radius 3 is 2.69 bits per heavy atom. The first-order chi connectivity index (χ1) is 6.45. The Morgan fingerprint density at radius 1 is 1.15 bits per heavy atom. The molecule has 1 aliphatic carbocycles. The minimum atomic E-state index is 0.654. The summed E-state index contributed by atoms with van der Waals surface area (Å²) in [4.78, 5) is 0. The second-order valence-corrected chi connectivity index (χ2v) is 4.45. The van der Waals surface area contributed by atoms with Gasteiger partial charge in [-0.05, 0) is 31.7 Å². The van der Waals surface area contributed by atoms with E-state index in [0.29, 0.717) is 6.04 Å². The first kappa shape index (κ1) is 9.47. The predicted molar refractivity (Wildman–Crippen MR) is 53.8 cm³/mol. The average Bonchev–Trinajstić information content (AvgIpc) is 2.53. The SMILES string of the molecule is C1CC(CCOCC2CCCN2)C1. The molecular weight excluding hydrogens is 162 g/mol. The van der Waals surface area contributed by atoms with Crippen LogP contribution in [0.25, 0.3) is 0 Å². The number of hydrogen-bond donors (Lipinski definition) is 1. The van der Waals surface area contributed by atoms with Crippen LogP contribution in [0.4, 0.5) is 0 Å². The van der Waals surface area contributed by atoms with Crippen molar-refractivity contribution in [2.75, 3.05) is 19.8 Å². The Kier molecular flexibility index (Phi) is 3.62. The molecule has 0 aromatic heterocycles. The summed E-state index contributed by atoms with van der Waals surface area (Å²) in [5.74, 6) is 0.997. The lowest BCUT2D eigenvalue weighted by atomic mass is 9.83. The van der Waals surface area contributed by atoms with Gasteiger partial charge >= 0.3 is 0 Å². The van der Waals surface area contributed by atoms with E-state index in [4.69, 9.17) is 4.74 Å². The van der Waals surface area contributed by atoms with E-state index >= 15 is 0 Å². The number of ether oxygens (including phenoxy) is 1. The van der Waals surface area contributed by atoms with Crippen molar-refractivity contribution in [2.24, 2.45) is 5.92 Å². The van der Waals surface area contributed by atoms with E-state index in [0.717, 1.165) is 19.1 Å². The molecule has 2 fully saturated rings. The lowest BCUT2D eigenvalue weighted by Crippen LogP contribution is -2.27. The van der Waals surface area contributed by atoms with Crippen LogP contribution in [-0.4, -0.2) is 25.8 Å². The van der Waals surface area contributed by atoms with Gasteiger partial charge in [-0.15, -0.1) is 0 Å². The van der Waals surface area contributed by atoms with Crippen molar-refractivity contribution in [3.05, 3.63) is 0 Å². The maximum atomic E-state index is 5.66. The monoisotopic (exact) mass is 183 g/mol. The van der Waals surface area contributed by atoms with Gasteiger partial charge in [-0.25, -0.2) is 0 Å². The predicted octanol–water partition coefficient (Wildman–Crippen LogP) is 1.95. The fourth-order valence-electron chi connectivity index (χ4n) is 2.16. The second kappa shape index (κ2) is 4.97. The highest BCUT2D eigenvalue weighted by Gasteiger charge is 2.17. The molecule has 13 heavy (non-hydrogen) atoms. The number of rotatable bonds is 5. The molecule has 0 bridgehead atoms. The summed E-state index contributed by atoms with van der Waals surface area (Å²) in [6.45, 7) is 3.12. The lowest BCUT2D eigenvalue weighted by molar-refractivity contribution is 0.0926. The van der Waals surface area contributed by atoms with Gasteiger partial charge in [0.2, 0.25) is 0 Å². The third kappa shape index (κ3) is 2.96. The highest BCUT2D eigenvalue weighted by molar-refractivity contribution is 4.73. The van der Waals surface area contributed by atoms with Crippen LogP contribution in [-0.2, 0) is 4.74 Å². The van der Waals surface area contributed by atoms with Crippen LogP contribution in [0.15, 0.2) is 0 Å². The van der Waals surface area contributed by atoms with E-state index < -0.39 is 0 Å². The van der Waals surface area contributed by atoms with Crippen molar-refractivity contribution in [3.63, 3.8) is 0 Å². The van der Waals surface area contributed by atoms with E-state index in [1.54, 1.807) is 0 Å². The smallest absolute Gasteiger partial charge is 0.0619 e. The molecule has 2 heteroatoms. The molecule has 2 rings (SSSR count). The van der Waals surface area contributed by atoms with Gasteiger partial charge in [0, 0.05) is 12.6 Å². The maximum absolute atomic E-state index is 5.66. The largest absolute Gasteiger partial charge is 0.380 e. The summed E-state index contributed by atoms with van der Waals surface area (Å²) in [6.07, 6.45) is 8.29. The van der Waals surface area contributed by atoms with E-state index in [2.05, 4.69) is 5.32 Å². The molecule has 1 aliphatic heterocycles. The van der Waals surface area contributed by atoms with Crippen LogP contribution < -0.4 is 5.32 Å². The molecule has 1 atom stereocenters. The van der Waals surface area contributed by atoms with Gasteiger partial charge in [0.05, 0.1) is 6.61 Å². The Hall–Kier alpha value is -0.0800. The highest BCUT2D eigenvalue weighted by atomic mass is 16.5. The summed E-state index contributed by atoms with van der Waals surface area (Å²) in [7, 11) is 0. The first-order valence-corrected chi connectivity index (χ1v) is 5.76. The molecule has 1 N–H and O–H groups in total. The van der Waals surface area contributed by atoms with E-state index in [-0.39, 0.29) is 0 Å². The molecule has 0 aromatic carbocycles. The first-order valence-electron chi connectivity index (χ1n) is 5.76. The minimum absolute atomic E-state index is 0.654. The third-order valence-corrected chi connectivity index (χ3v) is 3.38. The molecule has 2 nitrogen and oxygen atoms in total. The van der Waals surface area contributed by atoms with Gasteiger partial charge in [0.15, 0.2) is 0 Å². The normalized spacial score (nSPS) is 29.1. The molecule has 0 aromatic rings. The van der Waals surface area contributed by atoms with Gasteiger partial charge in [0.1, 0.15) is 0 Å². The van der Waals surface area contributed by atoms with Crippen molar-refractivity contribution < 1.29 is 4.74 Å². The molecule has 0 spiro atoms. The number of hydrogen-bond acceptors (Lipinski definition) is 2. The number of nitrogens with one attached hydrogen (secondary N) is 1. The van der Waals surface area contributed by atoms with Gasteiger partial charge in [-0.3, -0.25) is 0 Å². The van der Waals surface area contributed by atoms with Crippen LogP contribution in [0, 0.1) is 5.92 Å². The van der Waals surface area contributed by atoms with Gasteiger partial charge < -0.3 is 10.1 Å². The van der Waals surface area contributed by atoms with Gasteiger partial charge in [-0.2, -0.15) is 0 Å². The Balaban J connectivity index is 1.43. The van der Waals surface area contributed by atoms with Crippen LogP contribution >= 0.6 is 0 Å². The molecule has 0 radical (unpaired) electrons. The third-order valence-electron chi connectivity index (χ3n) is 3.38. The fraction of sp³-hybridized carbons (Fsp3) is 1.00. The molecule has 1 saturated carbocycles. The zero-order valence-corrected chi connectivity index (χ0v) is 8.43. The average molecular weight is 183 g/mol. The summed E-state index contributed by atoms with van der Waals surface area (Å²) >= 11 is 0.